The number of aromatic nitrogens is 1. The molecule has 6 nitrogen and oxygen atoms in total. The quantitative estimate of drug-likeness (QED) is 0.443. The fourth-order valence-electron chi connectivity index (χ4n) is 1.38. The third-order valence-electron chi connectivity index (χ3n) is 2.55. The Morgan fingerprint density at radius 2 is 2.24 bits per heavy atom. The predicted molar refractivity (Wildman–Crippen MR) is 91.1 cm³/mol. The number of thioether (sulfide) groups is 1. The molecule has 0 aliphatic rings. The lowest BCUT2D eigenvalue weighted by molar-refractivity contribution is -0.127. The van der Waals surface area contributed by atoms with Crippen LogP contribution in [0.2, 0.25) is 0 Å². The molecule has 8 heteroatoms. The van der Waals surface area contributed by atoms with Crippen molar-refractivity contribution in [3.8, 4) is 0 Å². The van der Waals surface area contributed by atoms with Gasteiger partial charge in [0.2, 0.25) is 5.91 Å². The number of guanidine groups is 1. The third-order valence-corrected chi connectivity index (χ3v) is 4.07. The van der Waals surface area contributed by atoms with Gasteiger partial charge in [-0.2, -0.15) is 11.8 Å². The second-order valence-corrected chi connectivity index (χ2v) is 6.90. The smallest absolute Gasteiger partial charge is 0.243 e. The number of hydrogen-bond donors (Lipinski definition) is 2. The van der Waals surface area contributed by atoms with Crippen molar-refractivity contribution >= 4 is 35.0 Å². The van der Waals surface area contributed by atoms with E-state index in [9.17, 15) is 4.79 Å². The Labute approximate surface area is 134 Å². The van der Waals surface area contributed by atoms with Crippen molar-refractivity contribution in [1.82, 2.24) is 20.5 Å². The van der Waals surface area contributed by atoms with E-state index < -0.39 is 0 Å². The highest BCUT2D eigenvalue weighted by molar-refractivity contribution is 7.98. The average Bonchev–Trinajstić information content (AvgIpc) is 2.86. The molecule has 1 heterocycles. The minimum absolute atomic E-state index is 0.0222. The van der Waals surface area contributed by atoms with Crippen molar-refractivity contribution in [2.24, 2.45) is 4.99 Å². The van der Waals surface area contributed by atoms with Gasteiger partial charge in [0.25, 0.3) is 0 Å². The second-order valence-electron chi connectivity index (χ2n) is 4.59. The topological polar surface area (TPSA) is 69.6 Å². The largest absolute Gasteiger partial charge is 0.356 e. The van der Waals surface area contributed by atoms with E-state index in [2.05, 4.69) is 26.9 Å². The van der Waals surface area contributed by atoms with Gasteiger partial charge in [0.1, 0.15) is 11.6 Å². The molecule has 0 bridgehead atoms. The fraction of sp³-hybridized carbons (Fsp3) is 0.615. The number of carbonyl (C=O) groups excluding carboxylic acids is 1. The van der Waals surface area contributed by atoms with Crippen LogP contribution >= 0.6 is 23.1 Å². The lowest BCUT2D eigenvalue weighted by Crippen LogP contribution is -2.39. The Hall–Kier alpha value is -1.28. The first-order valence-electron chi connectivity index (χ1n) is 6.65. The molecule has 0 aliphatic carbocycles. The number of aliphatic imine (C=N–C) groups is 1. The van der Waals surface area contributed by atoms with Gasteiger partial charge in [-0.15, -0.1) is 11.3 Å². The van der Waals surface area contributed by atoms with Gasteiger partial charge in [0.05, 0.1) is 6.54 Å². The van der Waals surface area contributed by atoms with E-state index in [1.54, 1.807) is 37.2 Å². The van der Waals surface area contributed by atoms with Crippen LogP contribution < -0.4 is 10.6 Å². The van der Waals surface area contributed by atoms with E-state index >= 15 is 0 Å². The van der Waals surface area contributed by atoms with E-state index in [1.807, 2.05) is 13.1 Å². The molecular weight excluding hydrogens is 306 g/mol. The zero-order valence-corrected chi connectivity index (χ0v) is 14.6. The number of nitrogens with one attached hydrogen (secondary N) is 2. The van der Waals surface area contributed by atoms with Crippen LogP contribution in [-0.2, 0) is 11.3 Å². The summed E-state index contributed by atoms with van der Waals surface area (Å²) in [6, 6.07) is 0. The maximum absolute atomic E-state index is 11.6. The summed E-state index contributed by atoms with van der Waals surface area (Å²) < 4.78 is 0. The molecule has 0 spiro atoms. The van der Waals surface area contributed by atoms with Crippen molar-refractivity contribution in [1.29, 1.82) is 0 Å². The number of hydrogen-bond acceptors (Lipinski definition) is 5. The highest BCUT2D eigenvalue weighted by atomic mass is 32.2. The Bertz CT molecular complexity index is 473. The molecule has 1 amide bonds. The van der Waals surface area contributed by atoms with Crippen molar-refractivity contribution in [3.63, 3.8) is 0 Å². The summed E-state index contributed by atoms with van der Waals surface area (Å²) in [5.74, 6) is 1.61. The summed E-state index contributed by atoms with van der Waals surface area (Å²) in [6.45, 7) is 3.58. The Balaban J connectivity index is 2.54. The maximum atomic E-state index is 11.6. The highest BCUT2D eigenvalue weighted by Gasteiger charge is 2.05. The zero-order chi connectivity index (χ0) is 15.7. The first-order valence-corrected chi connectivity index (χ1v) is 8.86. The number of nitrogens with zero attached hydrogens (tertiary/aromatic N) is 3. The molecule has 118 valence electrons. The molecule has 0 atom stereocenters. The standard InChI is InChI=1S/C13H23N5OS2/c1-10-7-15-11(21-10)8-16-13(14-5-6-20-4)17-9-12(19)18(2)3/h7H,5-6,8-9H2,1-4H3,(H2,14,16,17). The number of amides is 1. The molecule has 21 heavy (non-hydrogen) atoms. The van der Waals surface area contributed by atoms with Crippen LogP contribution in [0.5, 0.6) is 0 Å². The molecular formula is C13H23N5OS2. The van der Waals surface area contributed by atoms with Gasteiger partial charge in [-0.1, -0.05) is 0 Å². The summed E-state index contributed by atoms with van der Waals surface area (Å²) in [6.07, 6.45) is 3.91. The normalized spacial score (nSPS) is 11.3. The van der Waals surface area contributed by atoms with E-state index in [1.165, 1.54) is 9.78 Å². The monoisotopic (exact) mass is 329 g/mol. The Kier molecular flexibility index (Phi) is 8.14. The van der Waals surface area contributed by atoms with Crippen LogP contribution in [0.15, 0.2) is 11.2 Å². The van der Waals surface area contributed by atoms with Crippen molar-refractivity contribution in [3.05, 3.63) is 16.1 Å². The van der Waals surface area contributed by atoms with Crippen LogP contribution in [-0.4, -0.2) is 60.9 Å². The average molecular weight is 329 g/mol. The van der Waals surface area contributed by atoms with Gasteiger partial charge in [-0.25, -0.2) is 9.98 Å². The Morgan fingerprint density at radius 3 is 2.81 bits per heavy atom. The van der Waals surface area contributed by atoms with Crippen LogP contribution in [0.3, 0.4) is 0 Å². The van der Waals surface area contributed by atoms with Gasteiger partial charge in [-0.05, 0) is 13.2 Å². The van der Waals surface area contributed by atoms with E-state index in [0.29, 0.717) is 12.5 Å². The van der Waals surface area contributed by atoms with Crippen molar-refractivity contribution in [2.75, 3.05) is 39.2 Å². The summed E-state index contributed by atoms with van der Waals surface area (Å²) in [4.78, 5) is 22.9. The third kappa shape index (κ3) is 7.33. The number of carbonyl (C=O) groups is 1. The van der Waals surface area contributed by atoms with Gasteiger partial charge in [-0.3, -0.25) is 4.79 Å². The summed E-state index contributed by atoms with van der Waals surface area (Å²) in [5.41, 5.74) is 0. The lowest BCUT2D eigenvalue weighted by Gasteiger charge is -2.12. The molecule has 1 rings (SSSR count). The minimum atomic E-state index is -0.0222. The number of aryl methyl sites for hydroxylation is 1. The summed E-state index contributed by atoms with van der Waals surface area (Å²) in [5, 5.41) is 7.43. The zero-order valence-electron chi connectivity index (χ0n) is 13.0. The number of likely N-dealkylation sites (N-methyl/N-ethyl adjacent to an activating group) is 1. The molecule has 2 N–H and O–H groups in total. The van der Waals surface area contributed by atoms with E-state index in [4.69, 9.17) is 0 Å². The van der Waals surface area contributed by atoms with Crippen LogP contribution in [0, 0.1) is 6.92 Å². The molecule has 1 aromatic rings. The molecule has 0 radical (unpaired) electrons. The van der Waals surface area contributed by atoms with Gasteiger partial charge in [0, 0.05) is 37.5 Å². The second kappa shape index (κ2) is 9.62. The van der Waals surface area contributed by atoms with E-state index in [0.717, 1.165) is 17.3 Å². The molecule has 0 aliphatic heterocycles. The summed E-state index contributed by atoms with van der Waals surface area (Å²) in [7, 11) is 3.45. The molecule has 0 unspecified atom stereocenters. The van der Waals surface area contributed by atoms with Gasteiger partial charge in [0.15, 0.2) is 5.96 Å². The van der Waals surface area contributed by atoms with Crippen molar-refractivity contribution in [2.45, 2.75) is 13.5 Å². The van der Waals surface area contributed by atoms with Crippen LogP contribution in [0.4, 0.5) is 0 Å². The first-order chi connectivity index (χ1) is 10.0. The molecule has 0 aromatic carbocycles. The molecule has 0 saturated heterocycles. The fourth-order valence-corrected chi connectivity index (χ4v) is 2.41. The number of rotatable bonds is 7. The predicted octanol–water partition coefficient (Wildman–Crippen LogP) is 0.938. The maximum Gasteiger partial charge on any atom is 0.243 e. The van der Waals surface area contributed by atoms with Crippen LogP contribution in [0.25, 0.3) is 0 Å². The van der Waals surface area contributed by atoms with Gasteiger partial charge < -0.3 is 15.5 Å². The minimum Gasteiger partial charge on any atom is -0.356 e. The number of thiazole rings is 1. The highest BCUT2D eigenvalue weighted by Crippen LogP contribution is 2.10. The van der Waals surface area contributed by atoms with E-state index in [-0.39, 0.29) is 12.5 Å². The summed E-state index contributed by atoms with van der Waals surface area (Å²) >= 11 is 3.41. The van der Waals surface area contributed by atoms with Crippen molar-refractivity contribution < 1.29 is 4.79 Å². The lowest BCUT2D eigenvalue weighted by atomic mass is 10.5. The molecule has 0 saturated carbocycles. The SMILES string of the molecule is CSCCNC(=NCC(=O)N(C)C)NCc1ncc(C)s1. The van der Waals surface area contributed by atoms with Gasteiger partial charge >= 0.3 is 0 Å². The molecule has 0 fully saturated rings. The molecule has 1 aromatic heterocycles. The Morgan fingerprint density at radius 1 is 1.48 bits per heavy atom. The van der Waals surface area contributed by atoms with Crippen LogP contribution in [0.1, 0.15) is 9.88 Å². The first kappa shape index (κ1) is 17.8.